The molecule has 1 aromatic rings. The summed E-state index contributed by atoms with van der Waals surface area (Å²) in [7, 11) is 1.75. The molecule has 2 rings (SSSR count). The Morgan fingerprint density at radius 1 is 1.53 bits per heavy atom. The van der Waals surface area contributed by atoms with Gasteiger partial charge in [-0.05, 0) is 31.9 Å². The SMILES string of the molecule is COC1(C)CCCN(c2nc(Cl)ccc2N)C1. The number of methoxy groups -OCH3 is 1. The Labute approximate surface area is 107 Å². The van der Waals surface area contributed by atoms with Crippen molar-refractivity contribution in [3.05, 3.63) is 17.3 Å². The predicted molar refractivity (Wildman–Crippen MR) is 70.5 cm³/mol. The van der Waals surface area contributed by atoms with Crippen LogP contribution in [0.5, 0.6) is 0 Å². The predicted octanol–water partition coefficient (Wildman–Crippen LogP) is 2.32. The molecule has 0 radical (unpaired) electrons. The molecular weight excluding hydrogens is 238 g/mol. The third kappa shape index (κ3) is 2.64. The lowest BCUT2D eigenvalue weighted by Gasteiger charge is -2.40. The van der Waals surface area contributed by atoms with Gasteiger partial charge in [-0.2, -0.15) is 0 Å². The van der Waals surface area contributed by atoms with Crippen LogP contribution in [0.4, 0.5) is 11.5 Å². The second-order valence-corrected chi connectivity index (χ2v) is 5.11. The van der Waals surface area contributed by atoms with E-state index < -0.39 is 0 Å². The molecule has 94 valence electrons. The van der Waals surface area contributed by atoms with Gasteiger partial charge in [0, 0.05) is 20.2 Å². The number of piperidine rings is 1. The maximum atomic E-state index is 5.95. The normalized spacial score (nSPS) is 25.0. The van der Waals surface area contributed by atoms with E-state index in [4.69, 9.17) is 22.1 Å². The Balaban J connectivity index is 2.24. The van der Waals surface area contributed by atoms with E-state index in [2.05, 4.69) is 16.8 Å². The minimum Gasteiger partial charge on any atom is -0.396 e. The maximum Gasteiger partial charge on any atom is 0.153 e. The molecule has 17 heavy (non-hydrogen) atoms. The van der Waals surface area contributed by atoms with Gasteiger partial charge in [-0.3, -0.25) is 0 Å². The van der Waals surface area contributed by atoms with Crippen molar-refractivity contribution in [2.24, 2.45) is 0 Å². The molecule has 0 amide bonds. The van der Waals surface area contributed by atoms with Crippen LogP contribution in [0.1, 0.15) is 19.8 Å². The number of halogens is 1. The Hall–Kier alpha value is -1.00. The van der Waals surface area contributed by atoms with Crippen LogP contribution < -0.4 is 10.6 Å². The summed E-state index contributed by atoms with van der Waals surface area (Å²) in [5, 5.41) is 0.471. The van der Waals surface area contributed by atoms with Crippen molar-refractivity contribution in [2.75, 3.05) is 30.8 Å². The first-order valence-corrected chi connectivity index (χ1v) is 6.14. The van der Waals surface area contributed by atoms with E-state index in [-0.39, 0.29) is 5.60 Å². The average molecular weight is 256 g/mol. The van der Waals surface area contributed by atoms with Gasteiger partial charge in [0.1, 0.15) is 5.15 Å². The van der Waals surface area contributed by atoms with E-state index in [9.17, 15) is 0 Å². The molecule has 0 bridgehead atoms. The number of ether oxygens (including phenoxy) is 1. The van der Waals surface area contributed by atoms with Crippen molar-refractivity contribution in [3.8, 4) is 0 Å². The summed E-state index contributed by atoms with van der Waals surface area (Å²) in [6.07, 6.45) is 2.12. The van der Waals surface area contributed by atoms with Crippen molar-refractivity contribution in [1.29, 1.82) is 0 Å². The fraction of sp³-hybridized carbons (Fsp3) is 0.583. The van der Waals surface area contributed by atoms with Crippen molar-refractivity contribution >= 4 is 23.1 Å². The third-order valence-corrected chi connectivity index (χ3v) is 3.53. The Morgan fingerprint density at radius 2 is 2.29 bits per heavy atom. The second-order valence-electron chi connectivity index (χ2n) is 4.73. The van der Waals surface area contributed by atoms with E-state index in [0.717, 1.165) is 31.7 Å². The summed E-state index contributed by atoms with van der Waals surface area (Å²) in [4.78, 5) is 6.45. The lowest BCUT2D eigenvalue weighted by molar-refractivity contribution is -0.00478. The topological polar surface area (TPSA) is 51.4 Å². The van der Waals surface area contributed by atoms with Crippen molar-refractivity contribution in [3.63, 3.8) is 0 Å². The third-order valence-electron chi connectivity index (χ3n) is 3.32. The van der Waals surface area contributed by atoms with Crippen LogP contribution in [0.15, 0.2) is 12.1 Å². The molecule has 1 aliphatic rings. The van der Waals surface area contributed by atoms with Gasteiger partial charge < -0.3 is 15.4 Å². The molecule has 0 spiro atoms. The monoisotopic (exact) mass is 255 g/mol. The van der Waals surface area contributed by atoms with Gasteiger partial charge in [-0.25, -0.2) is 4.98 Å². The molecule has 0 aromatic carbocycles. The molecule has 1 saturated heterocycles. The van der Waals surface area contributed by atoms with E-state index in [1.165, 1.54) is 0 Å². The summed E-state index contributed by atoms with van der Waals surface area (Å²) in [6.45, 7) is 3.84. The average Bonchev–Trinajstić information content (AvgIpc) is 2.32. The fourth-order valence-corrected chi connectivity index (χ4v) is 2.39. The Bertz CT molecular complexity index is 413. The van der Waals surface area contributed by atoms with Crippen molar-refractivity contribution in [1.82, 2.24) is 4.98 Å². The molecular formula is C12H18ClN3O. The first-order chi connectivity index (χ1) is 8.04. The number of nitrogens with zero attached hydrogens (tertiary/aromatic N) is 2. The molecule has 1 unspecified atom stereocenters. The number of pyridine rings is 1. The number of nitrogen functional groups attached to an aromatic ring is 1. The van der Waals surface area contributed by atoms with Crippen LogP contribution in [-0.2, 0) is 4.74 Å². The minimum atomic E-state index is -0.130. The molecule has 5 heteroatoms. The summed E-state index contributed by atoms with van der Waals surface area (Å²) < 4.78 is 5.56. The van der Waals surface area contributed by atoms with E-state index in [1.54, 1.807) is 19.2 Å². The smallest absolute Gasteiger partial charge is 0.153 e. The molecule has 1 aliphatic heterocycles. The molecule has 0 saturated carbocycles. The van der Waals surface area contributed by atoms with Gasteiger partial charge in [0.05, 0.1) is 11.3 Å². The van der Waals surface area contributed by atoms with Crippen molar-refractivity contribution in [2.45, 2.75) is 25.4 Å². The highest BCUT2D eigenvalue weighted by atomic mass is 35.5. The zero-order valence-electron chi connectivity index (χ0n) is 10.2. The highest BCUT2D eigenvalue weighted by molar-refractivity contribution is 6.29. The number of hydrogen-bond acceptors (Lipinski definition) is 4. The molecule has 1 atom stereocenters. The molecule has 1 fully saturated rings. The van der Waals surface area contributed by atoms with Crippen LogP contribution in [0.3, 0.4) is 0 Å². The largest absolute Gasteiger partial charge is 0.396 e. The standard InChI is InChI=1S/C12H18ClN3O/c1-12(17-2)6-3-7-16(8-12)11-9(14)4-5-10(13)15-11/h4-5H,3,6-8,14H2,1-2H3. The highest BCUT2D eigenvalue weighted by Gasteiger charge is 2.32. The van der Waals surface area contributed by atoms with Gasteiger partial charge in [0.25, 0.3) is 0 Å². The van der Waals surface area contributed by atoms with Crippen LogP contribution in [0, 0.1) is 0 Å². The minimum absolute atomic E-state index is 0.130. The van der Waals surface area contributed by atoms with Crippen molar-refractivity contribution < 1.29 is 4.74 Å². The first kappa shape index (κ1) is 12.5. The van der Waals surface area contributed by atoms with Crippen LogP contribution >= 0.6 is 11.6 Å². The zero-order valence-corrected chi connectivity index (χ0v) is 11.0. The summed E-state index contributed by atoms with van der Waals surface area (Å²) in [6, 6.07) is 3.50. The molecule has 4 nitrogen and oxygen atoms in total. The lowest BCUT2D eigenvalue weighted by atomic mass is 9.95. The van der Waals surface area contributed by atoms with Gasteiger partial charge in [0.15, 0.2) is 5.82 Å². The van der Waals surface area contributed by atoms with E-state index in [0.29, 0.717) is 10.8 Å². The summed E-state index contributed by atoms with van der Waals surface area (Å²) in [5.74, 6) is 0.764. The number of nitrogens with two attached hydrogens (primary N) is 1. The highest BCUT2D eigenvalue weighted by Crippen LogP contribution is 2.30. The molecule has 2 heterocycles. The zero-order chi connectivity index (χ0) is 12.5. The first-order valence-electron chi connectivity index (χ1n) is 5.76. The fourth-order valence-electron chi connectivity index (χ4n) is 2.24. The Morgan fingerprint density at radius 3 is 3.00 bits per heavy atom. The number of anilines is 2. The van der Waals surface area contributed by atoms with Gasteiger partial charge >= 0.3 is 0 Å². The van der Waals surface area contributed by atoms with Crippen LogP contribution in [0.25, 0.3) is 0 Å². The van der Waals surface area contributed by atoms with E-state index in [1.807, 2.05) is 0 Å². The number of aromatic nitrogens is 1. The summed E-state index contributed by atoms with van der Waals surface area (Å²) >= 11 is 5.92. The maximum absolute atomic E-state index is 5.95. The van der Waals surface area contributed by atoms with Crippen LogP contribution in [-0.4, -0.2) is 30.8 Å². The number of hydrogen-bond donors (Lipinski definition) is 1. The Kier molecular flexibility index (Phi) is 3.45. The summed E-state index contributed by atoms with van der Waals surface area (Å²) in [5.41, 5.74) is 6.48. The molecule has 2 N–H and O–H groups in total. The number of rotatable bonds is 2. The van der Waals surface area contributed by atoms with E-state index >= 15 is 0 Å². The quantitative estimate of drug-likeness (QED) is 0.824. The molecule has 1 aromatic heterocycles. The van der Waals surface area contributed by atoms with Gasteiger partial charge in [0.2, 0.25) is 0 Å². The van der Waals surface area contributed by atoms with Gasteiger partial charge in [-0.15, -0.1) is 0 Å². The van der Waals surface area contributed by atoms with Gasteiger partial charge in [-0.1, -0.05) is 11.6 Å². The molecule has 0 aliphatic carbocycles. The lowest BCUT2D eigenvalue weighted by Crippen LogP contribution is -2.48. The van der Waals surface area contributed by atoms with Crippen LogP contribution in [0.2, 0.25) is 5.15 Å². The second kappa shape index (κ2) is 4.70.